The van der Waals surface area contributed by atoms with Gasteiger partial charge in [0.1, 0.15) is 0 Å². The lowest BCUT2D eigenvalue weighted by Crippen LogP contribution is -2.29. The van der Waals surface area contributed by atoms with Crippen LogP contribution in [-0.2, 0) is 0 Å². The van der Waals surface area contributed by atoms with Crippen LogP contribution in [0.3, 0.4) is 0 Å². The maximum Gasteiger partial charge on any atom is 0.0407 e. The van der Waals surface area contributed by atoms with E-state index in [4.69, 9.17) is 17.3 Å². The molecule has 2 N–H and O–H groups in total. The second-order valence-corrected chi connectivity index (χ2v) is 4.18. The highest BCUT2D eigenvalue weighted by Gasteiger charge is 2.10. The molecule has 0 radical (unpaired) electrons. The lowest BCUT2D eigenvalue weighted by molar-refractivity contribution is 0.773. The summed E-state index contributed by atoms with van der Waals surface area (Å²) >= 11 is 5.85. The van der Waals surface area contributed by atoms with Gasteiger partial charge in [-0.05, 0) is 30.7 Å². The van der Waals surface area contributed by atoms with Gasteiger partial charge in [-0.2, -0.15) is 0 Å². The number of benzene rings is 1. The minimum atomic E-state index is 0.689. The van der Waals surface area contributed by atoms with Gasteiger partial charge in [-0.25, -0.2) is 0 Å². The predicted molar refractivity (Wildman–Crippen MR) is 65.4 cm³/mol. The summed E-state index contributed by atoms with van der Waals surface area (Å²) in [6.07, 6.45) is 3.29. The summed E-state index contributed by atoms with van der Waals surface area (Å²) < 4.78 is 0. The number of rotatable bonds is 2. The fourth-order valence-corrected chi connectivity index (χ4v) is 1.91. The van der Waals surface area contributed by atoms with Crippen molar-refractivity contribution in [2.45, 2.75) is 6.42 Å². The van der Waals surface area contributed by atoms with E-state index >= 15 is 0 Å². The summed E-state index contributed by atoms with van der Waals surface area (Å²) in [4.78, 5) is 2.33. The quantitative estimate of drug-likeness (QED) is 0.779. The molecule has 80 valence electrons. The van der Waals surface area contributed by atoms with Crippen LogP contribution in [0.5, 0.6) is 0 Å². The lowest BCUT2D eigenvalue weighted by atomic mass is 10.1. The van der Waals surface area contributed by atoms with Crippen LogP contribution in [-0.4, -0.2) is 19.6 Å². The van der Waals surface area contributed by atoms with Crippen LogP contribution in [0.1, 0.15) is 6.42 Å². The third kappa shape index (κ3) is 2.52. The Hall–Kier alpha value is -0.990. The van der Waals surface area contributed by atoms with Gasteiger partial charge in [0, 0.05) is 30.3 Å². The van der Waals surface area contributed by atoms with E-state index in [1.807, 2.05) is 12.1 Å². The fraction of sp³-hybridized carbons (Fsp3) is 0.333. The molecule has 0 atom stereocenters. The zero-order valence-electron chi connectivity index (χ0n) is 8.62. The molecule has 0 unspecified atom stereocenters. The van der Waals surface area contributed by atoms with Gasteiger partial charge < -0.3 is 10.6 Å². The van der Waals surface area contributed by atoms with Crippen molar-refractivity contribution in [1.29, 1.82) is 0 Å². The predicted octanol–water partition coefficient (Wildman–Crippen LogP) is 2.44. The van der Waals surface area contributed by atoms with Crippen molar-refractivity contribution in [3.63, 3.8) is 0 Å². The van der Waals surface area contributed by atoms with E-state index in [9.17, 15) is 0 Å². The van der Waals surface area contributed by atoms with E-state index in [1.54, 1.807) is 0 Å². The van der Waals surface area contributed by atoms with Crippen LogP contribution < -0.4 is 10.6 Å². The first-order valence-corrected chi connectivity index (χ1v) is 5.56. The Morgan fingerprint density at radius 2 is 2.00 bits per heavy atom. The topological polar surface area (TPSA) is 29.3 Å². The fourth-order valence-electron chi connectivity index (χ4n) is 1.78. The van der Waals surface area contributed by atoms with E-state index < -0.39 is 0 Å². The molecule has 2 nitrogen and oxygen atoms in total. The molecule has 0 spiro atoms. The van der Waals surface area contributed by atoms with E-state index in [2.05, 4.69) is 23.1 Å². The van der Waals surface area contributed by atoms with Gasteiger partial charge in [-0.15, -0.1) is 0 Å². The molecule has 1 heterocycles. The summed E-state index contributed by atoms with van der Waals surface area (Å²) in [5, 5.41) is 0.786. The van der Waals surface area contributed by atoms with Crippen LogP contribution in [0.4, 0.5) is 5.69 Å². The first-order valence-electron chi connectivity index (χ1n) is 5.18. The van der Waals surface area contributed by atoms with Crippen molar-refractivity contribution in [2.24, 2.45) is 5.73 Å². The summed E-state index contributed by atoms with van der Waals surface area (Å²) in [7, 11) is 0. The van der Waals surface area contributed by atoms with E-state index in [1.165, 1.54) is 11.3 Å². The minimum absolute atomic E-state index is 0.689. The van der Waals surface area contributed by atoms with Crippen LogP contribution in [0.25, 0.3) is 0 Å². The molecular weight excluding hydrogens is 208 g/mol. The van der Waals surface area contributed by atoms with E-state index in [0.29, 0.717) is 6.54 Å². The molecule has 0 aromatic heterocycles. The zero-order chi connectivity index (χ0) is 10.7. The van der Waals surface area contributed by atoms with Gasteiger partial charge in [0.25, 0.3) is 0 Å². The normalized spacial score (nSPS) is 16.4. The molecule has 15 heavy (non-hydrogen) atoms. The Bertz CT molecular complexity index is 356. The molecule has 0 saturated carbocycles. The molecule has 0 amide bonds. The van der Waals surface area contributed by atoms with Crippen LogP contribution in [0.15, 0.2) is 35.9 Å². The maximum atomic E-state index is 5.85. The second kappa shape index (κ2) is 4.69. The summed E-state index contributed by atoms with van der Waals surface area (Å²) in [6.45, 7) is 2.69. The van der Waals surface area contributed by atoms with Crippen molar-refractivity contribution >= 4 is 17.3 Å². The van der Waals surface area contributed by atoms with Gasteiger partial charge in [-0.1, -0.05) is 23.3 Å². The molecule has 1 aliphatic rings. The SMILES string of the molecule is NCC1=CCN(c2ccc(Cl)cc2)CC1. The van der Waals surface area contributed by atoms with Crippen LogP contribution in [0.2, 0.25) is 5.02 Å². The van der Waals surface area contributed by atoms with Gasteiger partial charge in [-0.3, -0.25) is 0 Å². The standard InChI is InChI=1S/C12H15ClN2/c13-11-1-3-12(4-2-11)15-7-5-10(9-14)6-8-15/h1-5H,6-9,14H2. The Morgan fingerprint density at radius 3 is 2.53 bits per heavy atom. The largest absolute Gasteiger partial charge is 0.367 e. The first-order chi connectivity index (χ1) is 7.29. The Labute approximate surface area is 95.3 Å². The molecule has 1 aromatic rings. The molecule has 0 saturated heterocycles. The molecule has 0 aliphatic carbocycles. The Balaban J connectivity index is 2.07. The Kier molecular flexibility index (Phi) is 3.29. The average Bonchev–Trinajstić information content (AvgIpc) is 2.30. The molecule has 3 heteroatoms. The lowest BCUT2D eigenvalue weighted by Gasteiger charge is -2.28. The van der Waals surface area contributed by atoms with Crippen molar-refractivity contribution in [2.75, 3.05) is 24.5 Å². The van der Waals surface area contributed by atoms with E-state index in [0.717, 1.165) is 24.5 Å². The molecule has 2 rings (SSSR count). The van der Waals surface area contributed by atoms with Crippen molar-refractivity contribution in [3.05, 3.63) is 40.9 Å². The second-order valence-electron chi connectivity index (χ2n) is 3.74. The number of nitrogens with zero attached hydrogens (tertiary/aromatic N) is 1. The minimum Gasteiger partial charge on any atom is -0.367 e. The third-order valence-corrected chi connectivity index (χ3v) is 3.01. The highest BCUT2D eigenvalue weighted by atomic mass is 35.5. The molecule has 0 bridgehead atoms. The maximum absolute atomic E-state index is 5.85. The van der Waals surface area contributed by atoms with Crippen LogP contribution >= 0.6 is 11.6 Å². The smallest absolute Gasteiger partial charge is 0.0407 e. The number of hydrogen-bond donors (Lipinski definition) is 1. The van der Waals surface area contributed by atoms with Gasteiger partial charge >= 0.3 is 0 Å². The van der Waals surface area contributed by atoms with Gasteiger partial charge in [0.2, 0.25) is 0 Å². The summed E-state index contributed by atoms with van der Waals surface area (Å²) in [6, 6.07) is 7.98. The van der Waals surface area contributed by atoms with Crippen molar-refractivity contribution in [1.82, 2.24) is 0 Å². The first kappa shape index (κ1) is 10.5. The number of anilines is 1. The molecule has 1 aliphatic heterocycles. The van der Waals surface area contributed by atoms with Gasteiger partial charge in [0.05, 0.1) is 0 Å². The van der Waals surface area contributed by atoms with Crippen molar-refractivity contribution < 1.29 is 0 Å². The summed E-state index contributed by atoms with van der Waals surface area (Å²) in [5.41, 5.74) is 8.19. The highest BCUT2D eigenvalue weighted by Crippen LogP contribution is 2.21. The molecular formula is C12H15ClN2. The van der Waals surface area contributed by atoms with Crippen LogP contribution in [0, 0.1) is 0 Å². The third-order valence-electron chi connectivity index (χ3n) is 2.76. The average molecular weight is 223 g/mol. The monoisotopic (exact) mass is 222 g/mol. The van der Waals surface area contributed by atoms with Crippen molar-refractivity contribution in [3.8, 4) is 0 Å². The number of nitrogens with two attached hydrogens (primary N) is 1. The summed E-state index contributed by atoms with van der Waals surface area (Å²) in [5.74, 6) is 0. The van der Waals surface area contributed by atoms with Gasteiger partial charge in [0.15, 0.2) is 0 Å². The molecule has 1 aromatic carbocycles. The Morgan fingerprint density at radius 1 is 1.27 bits per heavy atom. The number of halogens is 1. The number of hydrogen-bond acceptors (Lipinski definition) is 2. The zero-order valence-corrected chi connectivity index (χ0v) is 9.37. The molecule has 0 fully saturated rings. The van der Waals surface area contributed by atoms with E-state index in [-0.39, 0.29) is 0 Å². The highest BCUT2D eigenvalue weighted by molar-refractivity contribution is 6.30.